The van der Waals surface area contributed by atoms with E-state index < -0.39 is 5.91 Å². The molecule has 2 fully saturated rings. The van der Waals surface area contributed by atoms with E-state index in [1.807, 2.05) is 12.1 Å². The minimum Gasteiger partial charge on any atom is -0.366 e. The van der Waals surface area contributed by atoms with Gasteiger partial charge in [-0.15, -0.1) is 0 Å². The Labute approximate surface area is 165 Å². The van der Waals surface area contributed by atoms with Crippen LogP contribution in [-0.4, -0.2) is 43.8 Å². The highest BCUT2D eigenvalue weighted by Crippen LogP contribution is 2.49. The smallest absolute Gasteiger partial charge is 0.250 e. The van der Waals surface area contributed by atoms with Gasteiger partial charge in [0, 0.05) is 11.1 Å². The van der Waals surface area contributed by atoms with Crippen molar-refractivity contribution in [2.75, 3.05) is 6.54 Å². The van der Waals surface area contributed by atoms with Gasteiger partial charge in [-0.25, -0.2) is 4.98 Å². The topological polar surface area (TPSA) is 107 Å². The van der Waals surface area contributed by atoms with Gasteiger partial charge in [0.25, 0.3) is 5.91 Å². The zero-order chi connectivity index (χ0) is 20.3. The fourth-order valence-electron chi connectivity index (χ4n) is 5.37. The Kier molecular flexibility index (Phi) is 4.34. The van der Waals surface area contributed by atoms with Crippen LogP contribution in [0.25, 0.3) is 11.0 Å². The van der Waals surface area contributed by atoms with Gasteiger partial charge in [0.2, 0.25) is 0 Å². The molecule has 2 aliphatic heterocycles. The molecule has 3 heterocycles. The predicted octanol–water partition coefficient (Wildman–Crippen LogP) is 2.90. The molecular weight excluding hydrogens is 354 g/mol. The van der Waals surface area contributed by atoms with Gasteiger partial charge in [-0.1, -0.05) is 6.07 Å². The first-order valence-corrected chi connectivity index (χ1v) is 10.1. The third kappa shape index (κ3) is 2.84. The van der Waals surface area contributed by atoms with Gasteiger partial charge in [0.05, 0.1) is 16.6 Å². The summed E-state index contributed by atoms with van der Waals surface area (Å²) >= 11 is 0. The first-order valence-electron chi connectivity index (χ1n) is 10.1. The fourth-order valence-corrected chi connectivity index (χ4v) is 5.37. The third-order valence-corrected chi connectivity index (χ3v) is 6.93. The number of para-hydroxylation sites is 1. The van der Waals surface area contributed by atoms with Gasteiger partial charge in [-0.2, -0.15) is 5.06 Å². The monoisotopic (exact) mass is 385 g/mol. The van der Waals surface area contributed by atoms with Crippen molar-refractivity contribution in [3.05, 3.63) is 29.6 Å². The number of nitrogens with two attached hydrogens (primary N) is 1. The second-order valence-corrected chi connectivity index (χ2v) is 9.65. The number of carbonyl (C=O) groups is 1. The first kappa shape index (κ1) is 19.4. The van der Waals surface area contributed by atoms with Crippen LogP contribution in [0.15, 0.2) is 18.2 Å². The van der Waals surface area contributed by atoms with Crippen molar-refractivity contribution in [1.29, 1.82) is 0 Å². The molecule has 2 aliphatic rings. The number of fused-ring (bicyclic) bond motifs is 1. The maximum absolute atomic E-state index is 11.8. The standard InChI is InChI=1S/C21H31N5O2/c1-19(2)11-13(20(3,4)26(19)28)12-21(9-6-10-23-21)18-24-15-8-5-7-14(17(22)27)16(15)25-18/h5,7-8,13,23,28H,6,9-12H2,1-4H3,(H2,22,27)(H,24,25). The lowest BCUT2D eigenvalue weighted by molar-refractivity contribution is -0.197. The van der Waals surface area contributed by atoms with E-state index in [-0.39, 0.29) is 16.6 Å². The highest BCUT2D eigenvalue weighted by atomic mass is 16.5. The number of aromatic nitrogens is 2. The average Bonchev–Trinajstić information content (AvgIpc) is 3.29. The fraction of sp³-hybridized carbons (Fsp3) is 0.619. The van der Waals surface area contributed by atoms with Crippen molar-refractivity contribution < 1.29 is 10.0 Å². The van der Waals surface area contributed by atoms with Crippen LogP contribution in [0, 0.1) is 5.92 Å². The molecule has 7 nitrogen and oxygen atoms in total. The molecule has 2 atom stereocenters. The molecule has 0 saturated carbocycles. The largest absolute Gasteiger partial charge is 0.366 e. The van der Waals surface area contributed by atoms with Gasteiger partial charge in [-0.3, -0.25) is 4.79 Å². The molecule has 2 aromatic rings. The van der Waals surface area contributed by atoms with Gasteiger partial charge in [-0.05, 0) is 78.0 Å². The van der Waals surface area contributed by atoms with Crippen LogP contribution in [0.3, 0.4) is 0 Å². The van der Waals surface area contributed by atoms with E-state index in [4.69, 9.17) is 10.7 Å². The summed E-state index contributed by atoms with van der Waals surface area (Å²) in [7, 11) is 0. The highest BCUT2D eigenvalue weighted by molar-refractivity contribution is 6.04. The molecule has 1 amide bonds. The summed E-state index contributed by atoms with van der Waals surface area (Å²) in [5, 5.41) is 16.0. The van der Waals surface area contributed by atoms with Crippen LogP contribution in [0.1, 0.15) is 69.6 Å². The van der Waals surface area contributed by atoms with Crippen molar-refractivity contribution >= 4 is 16.9 Å². The third-order valence-electron chi connectivity index (χ3n) is 6.93. The number of benzene rings is 1. The van der Waals surface area contributed by atoms with E-state index >= 15 is 0 Å². The number of hydrogen-bond acceptors (Lipinski definition) is 5. The Morgan fingerprint density at radius 3 is 2.68 bits per heavy atom. The number of rotatable bonds is 4. The lowest BCUT2D eigenvalue weighted by Gasteiger charge is -2.38. The van der Waals surface area contributed by atoms with Gasteiger partial charge >= 0.3 is 0 Å². The number of aromatic amines is 1. The van der Waals surface area contributed by atoms with Gasteiger partial charge in [0.15, 0.2) is 0 Å². The molecule has 1 aromatic heterocycles. The molecule has 7 heteroatoms. The van der Waals surface area contributed by atoms with Gasteiger partial charge in [0.1, 0.15) is 11.3 Å². The van der Waals surface area contributed by atoms with E-state index in [0.717, 1.165) is 43.6 Å². The molecule has 152 valence electrons. The van der Waals surface area contributed by atoms with Crippen molar-refractivity contribution in [2.45, 2.75) is 70.0 Å². The predicted molar refractivity (Wildman–Crippen MR) is 108 cm³/mol. The van der Waals surface area contributed by atoms with Gasteiger partial charge < -0.3 is 21.2 Å². The SMILES string of the molecule is CC1(C)CC(CC2(c3nc4c(C(N)=O)cccc4[nH]3)CCCN2)C(C)(C)N1O. The van der Waals surface area contributed by atoms with Crippen LogP contribution in [0.5, 0.6) is 0 Å². The maximum atomic E-state index is 11.8. The van der Waals surface area contributed by atoms with Crippen molar-refractivity contribution in [3.8, 4) is 0 Å². The average molecular weight is 386 g/mol. The van der Waals surface area contributed by atoms with Crippen molar-refractivity contribution in [2.24, 2.45) is 11.7 Å². The lowest BCUT2D eigenvalue weighted by Crippen LogP contribution is -2.49. The minimum atomic E-state index is -0.466. The summed E-state index contributed by atoms with van der Waals surface area (Å²) in [4.78, 5) is 20.1. The number of carbonyl (C=O) groups excluding carboxylic acids is 1. The Balaban J connectivity index is 1.75. The number of imidazole rings is 1. The lowest BCUT2D eigenvalue weighted by atomic mass is 9.76. The summed E-state index contributed by atoms with van der Waals surface area (Å²) in [6.07, 6.45) is 3.81. The van der Waals surface area contributed by atoms with Crippen LogP contribution >= 0.6 is 0 Å². The number of nitrogens with zero attached hydrogens (tertiary/aromatic N) is 2. The summed E-state index contributed by atoms with van der Waals surface area (Å²) < 4.78 is 0. The molecule has 4 rings (SSSR count). The second kappa shape index (κ2) is 6.27. The molecule has 0 bridgehead atoms. The molecular formula is C21H31N5O2. The normalized spacial score (nSPS) is 29.5. The Hall–Kier alpha value is -1.96. The van der Waals surface area contributed by atoms with Crippen LogP contribution in [0.4, 0.5) is 0 Å². The van der Waals surface area contributed by atoms with Crippen LogP contribution < -0.4 is 11.1 Å². The van der Waals surface area contributed by atoms with E-state index in [2.05, 4.69) is 38.0 Å². The van der Waals surface area contributed by atoms with E-state index in [0.29, 0.717) is 17.0 Å². The molecule has 2 unspecified atom stereocenters. The minimum absolute atomic E-state index is 0.263. The quantitative estimate of drug-likeness (QED) is 0.647. The molecule has 5 N–H and O–H groups in total. The van der Waals surface area contributed by atoms with Crippen molar-refractivity contribution in [3.63, 3.8) is 0 Å². The van der Waals surface area contributed by atoms with E-state index in [1.54, 1.807) is 6.07 Å². The number of hydrogen-bond donors (Lipinski definition) is 4. The number of hydroxylamine groups is 2. The Bertz CT molecular complexity index is 911. The van der Waals surface area contributed by atoms with E-state index in [9.17, 15) is 10.0 Å². The molecule has 1 aromatic carbocycles. The number of H-pyrrole nitrogens is 1. The Morgan fingerprint density at radius 1 is 1.36 bits per heavy atom. The summed E-state index contributed by atoms with van der Waals surface area (Å²) in [6.45, 7) is 9.32. The zero-order valence-corrected chi connectivity index (χ0v) is 17.2. The first-order chi connectivity index (χ1) is 13.1. The van der Waals surface area contributed by atoms with Crippen molar-refractivity contribution in [1.82, 2.24) is 20.3 Å². The number of nitrogens with one attached hydrogen (secondary N) is 2. The molecule has 0 aliphatic carbocycles. The number of amides is 1. The maximum Gasteiger partial charge on any atom is 0.250 e. The summed E-state index contributed by atoms with van der Waals surface area (Å²) in [5.41, 5.74) is 6.56. The zero-order valence-electron chi connectivity index (χ0n) is 17.2. The van der Waals surface area contributed by atoms with E-state index in [1.165, 1.54) is 5.06 Å². The number of primary amides is 1. The van der Waals surface area contributed by atoms with Crippen LogP contribution in [0.2, 0.25) is 0 Å². The molecule has 0 spiro atoms. The highest BCUT2D eigenvalue weighted by Gasteiger charge is 2.54. The Morgan fingerprint density at radius 2 is 2.11 bits per heavy atom. The van der Waals surface area contributed by atoms with Crippen LogP contribution in [-0.2, 0) is 5.54 Å². The summed E-state index contributed by atoms with van der Waals surface area (Å²) in [5.74, 6) is 0.687. The molecule has 2 saturated heterocycles. The second-order valence-electron chi connectivity index (χ2n) is 9.65. The molecule has 0 radical (unpaired) electrons. The summed E-state index contributed by atoms with van der Waals surface area (Å²) in [6, 6.07) is 5.47. The molecule has 28 heavy (non-hydrogen) atoms.